The first-order valence-electron chi connectivity index (χ1n) is 7.72. The van der Waals surface area contributed by atoms with Crippen LogP contribution in [0, 0.1) is 30.0 Å². The van der Waals surface area contributed by atoms with E-state index in [1.165, 1.54) is 17.0 Å². The maximum Gasteiger partial charge on any atom is 0.254 e. The lowest BCUT2D eigenvalue weighted by Gasteiger charge is -2.13. The van der Waals surface area contributed by atoms with E-state index in [0.717, 1.165) is 12.3 Å². The number of hydrogen-bond acceptors (Lipinski definition) is 5. The van der Waals surface area contributed by atoms with Crippen LogP contribution in [-0.4, -0.2) is 39.9 Å². The molecule has 1 N–H and O–H groups in total. The van der Waals surface area contributed by atoms with Crippen molar-refractivity contribution in [2.45, 2.75) is 19.4 Å². The van der Waals surface area contributed by atoms with Crippen LogP contribution in [0.5, 0.6) is 0 Å². The van der Waals surface area contributed by atoms with Gasteiger partial charge in [-0.3, -0.25) is 4.79 Å². The summed E-state index contributed by atoms with van der Waals surface area (Å²) in [7, 11) is 0. The fourth-order valence-corrected chi connectivity index (χ4v) is 2.74. The van der Waals surface area contributed by atoms with Gasteiger partial charge in [-0.25, -0.2) is 18.7 Å². The molecule has 0 spiro atoms. The molecule has 1 fully saturated rings. The molecule has 1 amide bonds. The van der Waals surface area contributed by atoms with Crippen LogP contribution in [0.25, 0.3) is 11.3 Å². The van der Waals surface area contributed by atoms with Gasteiger partial charge in [0.05, 0.1) is 11.8 Å². The molecular weight excluding hydrogens is 328 g/mol. The highest BCUT2D eigenvalue weighted by Crippen LogP contribution is 2.23. The van der Waals surface area contributed by atoms with Crippen LogP contribution in [0.1, 0.15) is 22.6 Å². The molecule has 1 aliphatic heterocycles. The van der Waals surface area contributed by atoms with E-state index in [1.807, 2.05) is 6.19 Å². The normalized spacial score (nSPS) is 16.6. The molecule has 25 heavy (non-hydrogen) atoms. The van der Waals surface area contributed by atoms with Crippen LogP contribution >= 0.6 is 0 Å². The Morgan fingerprint density at radius 3 is 2.88 bits per heavy atom. The maximum absolute atomic E-state index is 14.3. The minimum atomic E-state index is -0.763. The fourth-order valence-electron chi connectivity index (χ4n) is 2.74. The van der Waals surface area contributed by atoms with E-state index in [1.54, 1.807) is 6.92 Å². The van der Waals surface area contributed by atoms with Gasteiger partial charge in [-0.1, -0.05) is 6.07 Å². The molecule has 0 bridgehead atoms. The SMILES string of the molecule is Cc1ncc(F)c(-c2ccc(C(=O)N[C@@H]3CCN(C#N)C3)c(F)c2)n1. The van der Waals surface area contributed by atoms with E-state index >= 15 is 0 Å². The molecule has 0 aliphatic carbocycles. The topological polar surface area (TPSA) is 81.9 Å². The molecule has 1 aliphatic rings. The Balaban J connectivity index is 1.79. The van der Waals surface area contributed by atoms with E-state index in [2.05, 4.69) is 15.3 Å². The molecule has 2 heterocycles. The number of likely N-dealkylation sites (tertiary alicyclic amines) is 1. The number of rotatable bonds is 3. The van der Waals surface area contributed by atoms with Gasteiger partial charge in [0, 0.05) is 24.7 Å². The molecule has 128 valence electrons. The third-order valence-corrected chi connectivity index (χ3v) is 4.02. The standard InChI is InChI=1S/C17H15F2N5O/c1-10-21-7-15(19)16(22-10)11-2-3-13(14(18)6-11)17(25)23-12-4-5-24(8-12)9-20/h2-3,6-7,12H,4-5,8H2,1H3,(H,23,25)/t12-/m1/s1. The van der Waals surface area contributed by atoms with Crippen molar-refractivity contribution in [3.8, 4) is 17.5 Å². The number of halogens is 2. The molecule has 3 rings (SSSR count). The van der Waals surface area contributed by atoms with Crippen molar-refractivity contribution in [2.24, 2.45) is 0 Å². The predicted octanol–water partition coefficient (Wildman–Crippen LogP) is 2.02. The highest BCUT2D eigenvalue weighted by molar-refractivity contribution is 5.95. The number of nitrogens with zero attached hydrogens (tertiary/aromatic N) is 4. The smallest absolute Gasteiger partial charge is 0.254 e. The lowest BCUT2D eigenvalue weighted by Crippen LogP contribution is -2.36. The number of benzene rings is 1. The van der Waals surface area contributed by atoms with Crippen molar-refractivity contribution < 1.29 is 13.6 Å². The quantitative estimate of drug-likeness (QED) is 0.862. The summed E-state index contributed by atoms with van der Waals surface area (Å²) in [6, 6.07) is 3.62. The lowest BCUT2D eigenvalue weighted by molar-refractivity contribution is 0.0935. The summed E-state index contributed by atoms with van der Waals surface area (Å²) in [6.07, 6.45) is 3.67. The molecule has 0 radical (unpaired) electrons. The van der Waals surface area contributed by atoms with Crippen molar-refractivity contribution in [3.63, 3.8) is 0 Å². The molecule has 1 atom stereocenters. The number of carbonyl (C=O) groups excluding carboxylic acids is 1. The van der Waals surface area contributed by atoms with E-state index in [-0.39, 0.29) is 22.9 Å². The molecule has 6 nitrogen and oxygen atoms in total. The highest BCUT2D eigenvalue weighted by atomic mass is 19.1. The number of aryl methyl sites for hydroxylation is 1. The van der Waals surface area contributed by atoms with Gasteiger partial charge in [0.15, 0.2) is 12.0 Å². The lowest BCUT2D eigenvalue weighted by atomic mass is 10.1. The van der Waals surface area contributed by atoms with Gasteiger partial charge in [-0.05, 0) is 25.5 Å². The summed E-state index contributed by atoms with van der Waals surface area (Å²) in [5.74, 6) is -1.62. The van der Waals surface area contributed by atoms with Crippen molar-refractivity contribution in [3.05, 3.63) is 47.4 Å². The van der Waals surface area contributed by atoms with Gasteiger partial charge in [-0.2, -0.15) is 5.26 Å². The third-order valence-electron chi connectivity index (χ3n) is 4.02. The molecule has 1 saturated heterocycles. The highest BCUT2D eigenvalue weighted by Gasteiger charge is 2.24. The average Bonchev–Trinajstić information content (AvgIpc) is 3.04. The first kappa shape index (κ1) is 16.8. The fraction of sp³-hybridized carbons (Fsp3) is 0.294. The Hall–Kier alpha value is -3.08. The maximum atomic E-state index is 14.3. The number of hydrogen-bond donors (Lipinski definition) is 1. The zero-order valence-corrected chi connectivity index (χ0v) is 13.5. The molecule has 2 aromatic rings. The van der Waals surface area contributed by atoms with Gasteiger partial charge < -0.3 is 10.2 Å². The van der Waals surface area contributed by atoms with Crippen LogP contribution < -0.4 is 5.32 Å². The summed E-state index contributed by atoms with van der Waals surface area (Å²) in [5.41, 5.74) is 0.0812. The van der Waals surface area contributed by atoms with Crippen LogP contribution in [0.15, 0.2) is 24.4 Å². The Bertz CT molecular complexity index is 865. The Morgan fingerprint density at radius 2 is 2.20 bits per heavy atom. The number of aromatic nitrogens is 2. The van der Waals surface area contributed by atoms with Crippen LogP contribution in [0.4, 0.5) is 8.78 Å². The molecule has 8 heteroatoms. The van der Waals surface area contributed by atoms with E-state index in [0.29, 0.717) is 25.3 Å². The minimum absolute atomic E-state index is 0.0150. The van der Waals surface area contributed by atoms with Crippen molar-refractivity contribution in [2.75, 3.05) is 13.1 Å². The Kier molecular flexibility index (Phi) is 4.57. The summed E-state index contributed by atoms with van der Waals surface area (Å²) in [4.78, 5) is 21.5. The second kappa shape index (κ2) is 6.81. The van der Waals surface area contributed by atoms with Crippen molar-refractivity contribution in [1.29, 1.82) is 5.26 Å². The zero-order chi connectivity index (χ0) is 18.0. The van der Waals surface area contributed by atoms with Gasteiger partial charge in [0.2, 0.25) is 0 Å². The van der Waals surface area contributed by atoms with Crippen molar-refractivity contribution in [1.82, 2.24) is 20.2 Å². The first-order chi connectivity index (χ1) is 12.0. The van der Waals surface area contributed by atoms with Gasteiger partial charge in [-0.15, -0.1) is 0 Å². The molecule has 0 saturated carbocycles. The largest absolute Gasteiger partial charge is 0.347 e. The van der Waals surface area contributed by atoms with Crippen LogP contribution in [-0.2, 0) is 0 Å². The molecule has 1 aromatic carbocycles. The Morgan fingerprint density at radius 1 is 1.40 bits per heavy atom. The summed E-state index contributed by atoms with van der Waals surface area (Å²) in [6.45, 7) is 2.58. The van der Waals surface area contributed by atoms with Gasteiger partial charge in [0.25, 0.3) is 5.91 Å². The van der Waals surface area contributed by atoms with Crippen molar-refractivity contribution >= 4 is 5.91 Å². The predicted molar refractivity (Wildman–Crippen MR) is 85.2 cm³/mol. The second-order valence-corrected chi connectivity index (χ2v) is 5.81. The number of amides is 1. The number of nitriles is 1. The minimum Gasteiger partial charge on any atom is -0.347 e. The molecule has 1 aromatic heterocycles. The Labute approximate surface area is 143 Å². The first-order valence-corrected chi connectivity index (χ1v) is 7.72. The average molecular weight is 343 g/mol. The van der Waals surface area contributed by atoms with E-state index < -0.39 is 17.5 Å². The summed E-state index contributed by atoms with van der Waals surface area (Å²) < 4.78 is 28.2. The molecule has 0 unspecified atom stereocenters. The second-order valence-electron chi connectivity index (χ2n) is 5.81. The van der Waals surface area contributed by atoms with Crippen LogP contribution in [0.2, 0.25) is 0 Å². The zero-order valence-electron chi connectivity index (χ0n) is 13.5. The van der Waals surface area contributed by atoms with Crippen LogP contribution in [0.3, 0.4) is 0 Å². The summed E-state index contributed by atoms with van der Waals surface area (Å²) in [5, 5.41) is 11.5. The monoisotopic (exact) mass is 343 g/mol. The van der Waals surface area contributed by atoms with Gasteiger partial charge >= 0.3 is 0 Å². The van der Waals surface area contributed by atoms with E-state index in [9.17, 15) is 13.6 Å². The number of nitrogens with one attached hydrogen (secondary N) is 1. The van der Waals surface area contributed by atoms with E-state index in [4.69, 9.17) is 5.26 Å². The van der Waals surface area contributed by atoms with Gasteiger partial charge in [0.1, 0.15) is 17.3 Å². The summed E-state index contributed by atoms with van der Waals surface area (Å²) >= 11 is 0. The third kappa shape index (κ3) is 3.55. The molecular formula is C17H15F2N5O. The number of carbonyl (C=O) groups is 1.